The van der Waals surface area contributed by atoms with E-state index in [1.807, 2.05) is 39.8 Å². The SMILES string of the molecule is Cc1ncsc1-c1ccc(C(C)(O)NC(=O)[C@@H]2C[C@@H](O)CN2C(=O)[C@@H](NC(=O)C(C)(C)C)C(C)(C)C)cc1. The Balaban J connectivity index is 1.79. The number of β-amino-alcohol motifs (C(OH)–C–C–N with tert-alkyl or cyclic N) is 1. The van der Waals surface area contributed by atoms with E-state index in [0.29, 0.717) is 5.56 Å². The molecule has 1 fully saturated rings. The van der Waals surface area contributed by atoms with Gasteiger partial charge >= 0.3 is 0 Å². The van der Waals surface area contributed by atoms with Gasteiger partial charge in [0.25, 0.3) is 0 Å². The Kier molecular flexibility index (Phi) is 8.41. The normalized spacial score (nSPS) is 20.5. The van der Waals surface area contributed by atoms with Crippen LogP contribution in [0.2, 0.25) is 0 Å². The van der Waals surface area contributed by atoms with Gasteiger partial charge in [-0.1, -0.05) is 65.8 Å². The summed E-state index contributed by atoms with van der Waals surface area (Å²) < 4.78 is 0. The van der Waals surface area contributed by atoms with Crippen LogP contribution in [-0.4, -0.2) is 62.6 Å². The lowest BCUT2D eigenvalue weighted by Gasteiger charge is -2.37. The highest BCUT2D eigenvalue weighted by Gasteiger charge is 2.46. The number of aliphatic hydroxyl groups is 2. The van der Waals surface area contributed by atoms with Crippen molar-refractivity contribution in [1.29, 1.82) is 0 Å². The Labute approximate surface area is 228 Å². The summed E-state index contributed by atoms with van der Waals surface area (Å²) in [6, 6.07) is 5.28. The largest absolute Gasteiger partial charge is 0.391 e. The maximum atomic E-state index is 13.7. The van der Waals surface area contributed by atoms with Crippen LogP contribution in [0, 0.1) is 17.8 Å². The van der Waals surface area contributed by atoms with Crippen LogP contribution in [0.1, 0.15) is 66.1 Å². The predicted octanol–water partition coefficient (Wildman–Crippen LogP) is 2.94. The number of hydrogen-bond acceptors (Lipinski definition) is 7. The Morgan fingerprint density at radius 2 is 1.68 bits per heavy atom. The number of thiazole rings is 1. The van der Waals surface area contributed by atoms with Crippen LogP contribution in [0.25, 0.3) is 10.4 Å². The lowest BCUT2D eigenvalue weighted by molar-refractivity contribution is -0.147. The molecule has 208 valence electrons. The van der Waals surface area contributed by atoms with Crippen LogP contribution < -0.4 is 10.6 Å². The highest BCUT2D eigenvalue weighted by atomic mass is 32.1. The third kappa shape index (κ3) is 6.59. The van der Waals surface area contributed by atoms with Gasteiger partial charge in [-0.25, -0.2) is 4.98 Å². The molecule has 1 aromatic heterocycles. The van der Waals surface area contributed by atoms with E-state index in [-0.39, 0.29) is 18.9 Å². The van der Waals surface area contributed by atoms with E-state index < -0.39 is 46.6 Å². The third-order valence-electron chi connectivity index (χ3n) is 6.76. The second-order valence-electron chi connectivity index (χ2n) is 12.3. The minimum Gasteiger partial charge on any atom is -0.391 e. The van der Waals surface area contributed by atoms with Gasteiger partial charge in [-0.3, -0.25) is 14.4 Å². The van der Waals surface area contributed by atoms with Gasteiger partial charge < -0.3 is 25.7 Å². The molecule has 1 aromatic carbocycles. The van der Waals surface area contributed by atoms with Crippen molar-refractivity contribution in [2.75, 3.05) is 6.54 Å². The van der Waals surface area contributed by atoms with Crippen LogP contribution >= 0.6 is 11.3 Å². The van der Waals surface area contributed by atoms with E-state index in [2.05, 4.69) is 15.6 Å². The summed E-state index contributed by atoms with van der Waals surface area (Å²) in [4.78, 5) is 46.4. The summed E-state index contributed by atoms with van der Waals surface area (Å²) in [5.74, 6) is -1.32. The van der Waals surface area contributed by atoms with Gasteiger partial charge in [0.15, 0.2) is 5.72 Å². The molecule has 0 bridgehead atoms. The van der Waals surface area contributed by atoms with Gasteiger partial charge in [0, 0.05) is 23.9 Å². The van der Waals surface area contributed by atoms with Crippen LogP contribution in [0.3, 0.4) is 0 Å². The maximum Gasteiger partial charge on any atom is 0.246 e. The molecule has 2 aromatic rings. The van der Waals surface area contributed by atoms with Gasteiger partial charge in [-0.05, 0) is 24.8 Å². The highest BCUT2D eigenvalue weighted by Crippen LogP contribution is 2.30. The van der Waals surface area contributed by atoms with E-state index in [1.165, 1.54) is 23.2 Å². The fraction of sp³-hybridized carbons (Fsp3) is 0.571. The second-order valence-corrected chi connectivity index (χ2v) is 13.2. The molecule has 0 radical (unpaired) electrons. The van der Waals surface area contributed by atoms with E-state index >= 15 is 0 Å². The minimum absolute atomic E-state index is 0.0291. The third-order valence-corrected chi connectivity index (χ3v) is 7.73. The molecule has 3 amide bonds. The standard InChI is InChI=1S/C28H40N4O5S/c1-16-21(38-15-29-16)17-9-11-18(12-10-17)28(8,37)31-23(34)20-13-19(33)14-32(20)24(35)22(26(2,3)4)30-25(36)27(5,6)7/h9-12,15,19-20,22,33,37H,13-14H2,1-8H3,(H,30,36)(H,31,34)/t19-,20+,22-,28?/m1/s1. The van der Waals surface area contributed by atoms with Crippen LogP contribution in [0.15, 0.2) is 29.8 Å². The second kappa shape index (κ2) is 10.7. The molecule has 1 saturated heterocycles. The van der Waals surface area contributed by atoms with E-state index in [4.69, 9.17) is 0 Å². The molecule has 0 aliphatic carbocycles. The Bertz CT molecular complexity index is 1180. The quantitative estimate of drug-likeness (QED) is 0.414. The van der Waals surface area contributed by atoms with Crippen molar-refractivity contribution in [2.45, 2.75) is 85.7 Å². The Hall–Kier alpha value is -2.82. The molecule has 4 N–H and O–H groups in total. The highest BCUT2D eigenvalue weighted by molar-refractivity contribution is 7.13. The molecule has 0 saturated carbocycles. The molecule has 4 atom stereocenters. The minimum atomic E-state index is -1.72. The summed E-state index contributed by atoms with van der Waals surface area (Å²) >= 11 is 1.52. The molecule has 1 unspecified atom stereocenters. The summed E-state index contributed by atoms with van der Waals surface area (Å²) in [6.45, 7) is 14.1. The fourth-order valence-corrected chi connectivity index (χ4v) is 5.20. The number of nitrogens with zero attached hydrogens (tertiary/aromatic N) is 2. The number of likely N-dealkylation sites (tertiary alicyclic amines) is 1. The number of nitrogens with one attached hydrogen (secondary N) is 2. The van der Waals surface area contributed by atoms with Crippen molar-refractivity contribution >= 4 is 29.1 Å². The monoisotopic (exact) mass is 544 g/mol. The van der Waals surface area contributed by atoms with E-state index in [9.17, 15) is 24.6 Å². The van der Waals surface area contributed by atoms with Crippen molar-refractivity contribution in [3.63, 3.8) is 0 Å². The number of aryl methyl sites for hydroxylation is 1. The first-order chi connectivity index (χ1) is 17.4. The summed E-state index contributed by atoms with van der Waals surface area (Å²) in [5.41, 5.74) is 1.05. The van der Waals surface area contributed by atoms with Crippen molar-refractivity contribution in [1.82, 2.24) is 20.5 Å². The Morgan fingerprint density at radius 1 is 1.08 bits per heavy atom. The van der Waals surface area contributed by atoms with E-state index in [0.717, 1.165) is 16.1 Å². The number of amides is 3. The van der Waals surface area contributed by atoms with Crippen molar-refractivity contribution in [3.8, 4) is 10.4 Å². The molecule has 0 spiro atoms. The molecule has 3 rings (SSSR count). The first kappa shape index (κ1) is 29.7. The molecule has 1 aliphatic rings. The zero-order valence-electron chi connectivity index (χ0n) is 23.5. The summed E-state index contributed by atoms with van der Waals surface area (Å²) in [5, 5.41) is 27.0. The van der Waals surface area contributed by atoms with Gasteiger partial charge in [-0.15, -0.1) is 11.3 Å². The number of benzene rings is 1. The first-order valence-electron chi connectivity index (χ1n) is 12.8. The lowest BCUT2D eigenvalue weighted by atomic mass is 9.84. The number of aliphatic hydroxyl groups excluding tert-OH is 1. The summed E-state index contributed by atoms with van der Waals surface area (Å²) in [6.07, 6.45) is -0.873. The smallest absolute Gasteiger partial charge is 0.246 e. The van der Waals surface area contributed by atoms with Crippen molar-refractivity contribution < 1.29 is 24.6 Å². The lowest BCUT2D eigenvalue weighted by Crippen LogP contribution is -2.60. The van der Waals surface area contributed by atoms with Gasteiger partial charge in [-0.2, -0.15) is 0 Å². The summed E-state index contributed by atoms with van der Waals surface area (Å²) in [7, 11) is 0. The fourth-order valence-electron chi connectivity index (χ4n) is 4.39. The Morgan fingerprint density at radius 3 is 2.18 bits per heavy atom. The van der Waals surface area contributed by atoms with Crippen molar-refractivity contribution in [2.24, 2.45) is 10.8 Å². The number of carbonyl (C=O) groups is 3. The molecule has 10 heteroatoms. The molecule has 38 heavy (non-hydrogen) atoms. The molecule has 2 heterocycles. The predicted molar refractivity (Wildman–Crippen MR) is 147 cm³/mol. The van der Waals surface area contributed by atoms with Gasteiger partial charge in [0.05, 0.1) is 22.2 Å². The number of carbonyl (C=O) groups excluding carboxylic acids is 3. The molecule has 9 nitrogen and oxygen atoms in total. The average molecular weight is 545 g/mol. The van der Waals surface area contributed by atoms with Gasteiger partial charge in [0.1, 0.15) is 12.1 Å². The average Bonchev–Trinajstić information content (AvgIpc) is 3.40. The van der Waals surface area contributed by atoms with E-state index in [1.54, 1.807) is 38.4 Å². The number of rotatable bonds is 6. The molecular formula is C28H40N4O5S. The topological polar surface area (TPSA) is 132 Å². The number of hydrogen-bond donors (Lipinski definition) is 4. The molecular weight excluding hydrogens is 504 g/mol. The number of aromatic nitrogens is 1. The van der Waals surface area contributed by atoms with Crippen molar-refractivity contribution in [3.05, 3.63) is 41.0 Å². The molecule has 1 aliphatic heterocycles. The van der Waals surface area contributed by atoms with Gasteiger partial charge in [0.2, 0.25) is 17.7 Å². The van der Waals surface area contributed by atoms with Crippen LogP contribution in [-0.2, 0) is 20.1 Å². The zero-order valence-corrected chi connectivity index (χ0v) is 24.3. The zero-order chi connectivity index (χ0) is 28.6. The van der Waals surface area contributed by atoms with Crippen LogP contribution in [0.4, 0.5) is 0 Å². The van der Waals surface area contributed by atoms with Crippen LogP contribution in [0.5, 0.6) is 0 Å². The first-order valence-corrected chi connectivity index (χ1v) is 13.6. The maximum absolute atomic E-state index is 13.7.